The van der Waals surface area contributed by atoms with E-state index in [1.54, 1.807) is 0 Å². The van der Waals surface area contributed by atoms with Gasteiger partial charge in [0.1, 0.15) is 0 Å². The summed E-state index contributed by atoms with van der Waals surface area (Å²) in [6, 6.07) is 0. The molecule has 1 heterocycles. The van der Waals surface area contributed by atoms with Gasteiger partial charge in [0.05, 0.1) is 0 Å². The maximum Gasteiger partial charge on any atom is 0.0201 e. The molecular formula is C14H33N. The standard InChI is InChI=1S/C8H15N.3C2H6/c1-7(2)9-5-4-8(3)6-9;3*1-2/h8H,1,4-6H2,2-3H3;3*1-2H3. The molecule has 1 atom stereocenters. The van der Waals surface area contributed by atoms with Gasteiger partial charge in [0.25, 0.3) is 0 Å². The van der Waals surface area contributed by atoms with E-state index in [4.69, 9.17) is 0 Å². The molecule has 0 saturated carbocycles. The number of rotatable bonds is 1. The fourth-order valence-electron chi connectivity index (χ4n) is 1.28. The summed E-state index contributed by atoms with van der Waals surface area (Å²) in [4.78, 5) is 2.35. The highest BCUT2D eigenvalue weighted by molar-refractivity contribution is 4.92. The van der Waals surface area contributed by atoms with E-state index < -0.39 is 0 Å². The second-order valence-electron chi connectivity index (χ2n) is 3.08. The summed E-state index contributed by atoms with van der Waals surface area (Å²) in [5.74, 6) is 0.877. The summed E-state index contributed by atoms with van der Waals surface area (Å²) in [5, 5.41) is 0. The smallest absolute Gasteiger partial charge is 0.0201 e. The molecular weight excluding hydrogens is 182 g/mol. The Morgan fingerprint density at radius 3 is 1.60 bits per heavy atom. The van der Waals surface area contributed by atoms with Crippen molar-refractivity contribution in [3.05, 3.63) is 12.3 Å². The molecule has 1 rings (SSSR count). The van der Waals surface area contributed by atoms with Gasteiger partial charge in [-0.15, -0.1) is 0 Å². The lowest BCUT2D eigenvalue weighted by Gasteiger charge is -2.16. The van der Waals surface area contributed by atoms with Gasteiger partial charge in [0.2, 0.25) is 0 Å². The summed E-state index contributed by atoms with van der Waals surface area (Å²) in [5.41, 5.74) is 1.22. The van der Waals surface area contributed by atoms with E-state index >= 15 is 0 Å². The highest BCUT2D eigenvalue weighted by Gasteiger charge is 2.16. The van der Waals surface area contributed by atoms with Gasteiger partial charge in [-0.25, -0.2) is 0 Å². The molecule has 0 amide bonds. The van der Waals surface area contributed by atoms with Crippen LogP contribution in [0.4, 0.5) is 0 Å². The van der Waals surface area contributed by atoms with E-state index in [-0.39, 0.29) is 0 Å². The van der Waals surface area contributed by atoms with Crippen molar-refractivity contribution in [1.82, 2.24) is 4.90 Å². The zero-order chi connectivity index (χ0) is 12.9. The van der Waals surface area contributed by atoms with Crippen LogP contribution in [0.2, 0.25) is 0 Å². The van der Waals surface area contributed by atoms with Crippen LogP contribution in [0.25, 0.3) is 0 Å². The van der Waals surface area contributed by atoms with Crippen LogP contribution < -0.4 is 0 Å². The molecule has 0 aliphatic carbocycles. The SMILES string of the molecule is C=C(C)N1CCC(C)C1.CC.CC.CC. The predicted molar refractivity (Wildman–Crippen MR) is 74.2 cm³/mol. The molecule has 1 nitrogen and oxygen atoms in total. The van der Waals surface area contributed by atoms with Crippen LogP contribution in [0, 0.1) is 5.92 Å². The van der Waals surface area contributed by atoms with E-state index in [2.05, 4.69) is 25.3 Å². The molecule has 0 aromatic carbocycles. The van der Waals surface area contributed by atoms with Gasteiger partial charge in [0.15, 0.2) is 0 Å². The van der Waals surface area contributed by atoms with Crippen molar-refractivity contribution in [3.63, 3.8) is 0 Å². The number of hydrogen-bond donors (Lipinski definition) is 0. The van der Waals surface area contributed by atoms with E-state index in [1.807, 2.05) is 41.5 Å². The topological polar surface area (TPSA) is 3.24 Å². The Labute approximate surface area is 98.6 Å². The largest absolute Gasteiger partial charge is 0.375 e. The monoisotopic (exact) mass is 215 g/mol. The van der Waals surface area contributed by atoms with E-state index in [0.29, 0.717) is 0 Å². The molecule has 1 heteroatoms. The Hall–Kier alpha value is -0.460. The zero-order valence-corrected chi connectivity index (χ0v) is 12.4. The zero-order valence-electron chi connectivity index (χ0n) is 12.4. The third-order valence-electron chi connectivity index (χ3n) is 1.96. The summed E-state index contributed by atoms with van der Waals surface area (Å²) >= 11 is 0. The number of nitrogens with zero attached hydrogens (tertiary/aromatic N) is 1. The van der Waals surface area contributed by atoms with E-state index in [0.717, 1.165) is 5.92 Å². The highest BCUT2D eigenvalue weighted by atomic mass is 15.1. The van der Waals surface area contributed by atoms with Gasteiger partial charge in [-0.2, -0.15) is 0 Å². The molecule has 1 saturated heterocycles. The van der Waals surface area contributed by atoms with Gasteiger partial charge in [-0.1, -0.05) is 55.0 Å². The lowest BCUT2D eigenvalue weighted by atomic mass is 10.2. The van der Waals surface area contributed by atoms with Crippen LogP contribution >= 0.6 is 0 Å². The minimum atomic E-state index is 0.877. The van der Waals surface area contributed by atoms with Gasteiger partial charge < -0.3 is 4.90 Å². The normalized spacial score (nSPS) is 17.3. The third kappa shape index (κ3) is 11.5. The summed E-state index contributed by atoms with van der Waals surface area (Å²) in [6.45, 7) is 22.7. The summed E-state index contributed by atoms with van der Waals surface area (Å²) < 4.78 is 0. The van der Waals surface area contributed by atoms with Crippen molar-refractivity contribution in [2.75, 3.05) is 13.1 Å². The van der Waals surface area contributed by atoms with Crippen molar-refractivity contribution < 1.29 is 0 Å². The highest BCUT2D eigenvalue weighted by Crippen LogP contribution is 2.17. The van der Waals surface area contributed by atoms with Crippen LogP contribution in [0.3, 0.4) is 0 Å². The fraction of sp³-hybridized carbons (Fsp3) is 0.857. The van der Waals surface area contributed by atoms with Crippen molar-refractivity contribution in [1.29, 1.82) is 0 Å². The van der Waals surface area contributed by atoms with Crippen molar-refractivity contribution in [2.45, 2.75) is 61.8 Å². The maximum atomic E-state index is 3.90. The van der Waals surface area contributed by atoms with Crippen LogP contribution in [-0.4, -0.2) is 18.0 Å². The molecule has 0 spiro atoms. The molecule has 1 aliphatic rings. The van der Waals surface area contributed by atoms with Gasteiger partial charge in [-0.05, 0) is 19.3 Å². The second kappa shape index (κ2) is 16.0. The molecule has 0 bridgehead atoms. The van der Waals surface area contributed by atoms with Crippen LogP contribution in [-0.2, 0) is 0 Å². The average molecular weight is 215 g/mol. The third-order valence-corrected chi connectivity index (χ3v) is 1.96. The molecule has 0 aromatic heterocycles. The lowest BCUT2D eigenvalue weighted by molar-refractivity contribution is 0.413. The molecule has 0 radical (unpaired) electrons. The van der Waals surface area contributed by atoms with Gasteiger partial charge >= 0.3 is 0 Å². The Balaban J connectivity index is -0.000000208. The first-order valence-electron chi connectivity index (χ1n) is 6.60. The van der Waals surface area contributed by atoms with E-state index in [1.165, 1.54) is 25.2 Å². The number of allylic oxidation sites excluding steroid dienone is 1. The quantitative estimate of drug-likeness (QED) is 0.599. The maximum absolute atomic E-state index is 3.90. The average Bonchev–Trinajstić information content (AvgIpc) is 2.74. The first kappa shape index (κ1) is 20.0. The van der Waals surface area contributed by atoms with Crippen molar-refractivity contribution >= 4 is 0 Å². The van der Waals surface area contributed by atoms with Crippen LogP contribution in [0.5, 0.6) is 0 Å². The molecule has 1 unspecified atom stereocenters. The van der Waals surface area contributed by atoms with Crippen LogP contribution in [0.1, 0.15) is 61.8 Å². The molecule has 1 aliphatic heterocycles. The molecule has 15 heavy (non-hydrogen) atoms. The molecule has 0 aromatic rings. The first-order valence-corrected chi connectivity index (χ1v) is 6.60. The molecule has 94 valence electrons. The first-order chi connectivity index (χ1) is 7.20. The van der Waals surface area contributed by atoms with Gasteiger partial charge in [-0.3, -0.25) is 0 Å². The Morgan fingerprint density at radius 1 is 1.07 bits per heavy atom. The second-order valence-corrected chi connectivity index (χ2v) is 3.08. The lowest BCUT2D eigenvalue weighted by Crippen LogP contribution is -2.16. The fourth-order valence-corrected chi connectivity index (χ4v) is 1.28. The summed E-state index contributed by atoms with van der Waals surface area (Å²) in [6.07, 6.45) is 1.34. The molecule has 0 N–H and O–H groups in total. The predicted octanol–water partition coefficient (Wildman–Crippen LogP) is 4.94. The van der Waals surface area contributed by atoms with Crippen LogP contribution in [0.15, 0.2) is 12.3 Å². The van der Waals surface area contributed by atoms with Gasteiger partial charge in [0, 0.05) is 18.8 Å². The van der Waals surface area contributed by atoms with Crippen molar-refractivity contribution in [3.8, 4) is 0 Å². The number of hydrogen-bond acceptors (Lipinski definition) is 1. The molecule has 1 fully saturated rings. The van der Waals surface area contributed by atoms with Crippen molar-refractivity contribution in [2.24, 2.45) is 5.92 Å². The minimum absolute atomic E-state index is 0.877. The Bertz CT molecular complexity index is 119. The number of likely N-dealkylation sites (tertiary alicyclic amines) is 1. The summed E-state index contributed by atoms with van der Waals surface area (Å²) in [7, 11) is 0. The minimum Gasteiger partial charge on any atom is -0.375 e. The Morgan fingerprint density at radius 2 is 1.47 bits per heavy atom. The van der Waals surface area contributed by atoms with E-state index in [9.17, 15) is 0 Å². The Kier molecular flexibility index (Phi) is 21.3.